The summed E-state index contributed by atoms with van der Waals surface area (Å²) >= 11 is 0. The molecule has 0 radical (unpaired) electrons. The molecule has 6 heteroatoms. The largest absolute Gasteiger partial charge is 0.456 e. The van der Waals surface area contributed by atoms with E-state index in [0.717, 1.165) is 76.9 Å². The van der Waals surface area contributed by atoms with E-state index in [4.69, 9.17) is 10.2 Å². The van der Waals surface area contributed by atoms with Gasteiger partial charge >= 0.3 is 0 Å². The van der Waals surface area contributed by atoms with Crippen LogP contribution in [0, 0.1) is 0 Å². The molecule has 5 nitrogen and oxygen atoms in total. The number of carbonyl (C=O) groups is 1. The number of halogens is 1. The van der Waals surface area contributed by atoms with E-state index in [9.17, 15) is 4.79 Å². The normalized spacial score (nSPS) is 14.1. The molecule has 6 rings (SSSR count). The molecule has 0 bridgehead atoms. The highest BCUT2D eigenvalue weighted by atomic mass is 35.5. The van der Waals surface area contributed by atoms with Crippen LogP contribution in [-0.2, 0) is 6.54 Å². The molecule has 1 aromatic heterocycles. The van der Waals surface area contributed by atoms with Crippen molar-refractivity contribution in [1.82, 2.24) is 10.2 Å². The molecule has 3 N–H and O–H groups in total. The fourth-order valence-corrected chi connectivity index (χ4v) is 5.13. The number of fused-ring (bicyclic) bond motifs is 2. The second-order valence-corrected chi connectivity index (χ2v) is 9.13. The number of amides is 1. The molecule has 0 aliphatic carbocycles. The van der Waals surface area contributed by atoms with E-state index >= 15 is 0 Å². The lowest BCUT2D eigenvalue weighted by atomic mass is 9.90. The molecule has 1 aliphatic rings. The number of furan rings is 1. The Morgan fingerprint density at radius 1 is 0.833 bits per heavy atom. The molecule has 0 atom stereocenters. The van der Waals surface area contributed by atoms with Gasteiger partial charge in [0.1, 0.15) is 11.3 Å². The fourth-order valence-electron chi connectivity index (χ4n) is 5.13. The first-order valence-electron chi connectivity index (χ1n) is 12.0. The summed E-state index contributed by atoms with van der Waals surface area (Å²) < 4.78 is 6.39. The highest BCUT2D eigenvalue weighted by molar-refractivity contribution is 6.12. The molecule has 0 saturated carbocycles. The number of piperazine rings is 1. The maximum absolute atomic E-state index is 12.6. The molecule has 5 aromatic rings. The van der Waals surface area contributed by atoms with Crippen LogP contribution in [0.3, 0.4) is 0 Å². The van der Waals surface area contributed by atoms with Crippen molar-refractivity contribution < 1.29 is 9.21 Å². The summed E-state index contributed by atoms with van der Waals surface area (Å²) in [6, 6.07) is 28.4. The van der Waals surface area contributed by atoms with E-state index in [2.05, 4.69) is 34.5 Å². The molecule has 4 aromatic carbocycles. The molecule has 36 heavy (non-hydrogen) atoms. The van der Waals surface area contributed by atoms with Crippen molar-refractivity contribution in [3.8, 4) is 22.5 Å². The van der Waals surface area contributed by atoms with E-state index in [1.165, 1.54) is 5.56 Å². The predicted octanol–water partition coefficient (Wildman–Crippen LogP) is 5.85. The monoisotopic (exact) mass is 497 g/mol. The van der Waals surface area contributed by atoms with Crippen LogP contribution in [0.25, 0.3) is 44.2 Å². The highest BCUT2D eigenvalue weighted by Crippen LogP contribution is 2.38. The maximum Gasteiger partial charge on any atom is 0.249 e. The average molecular weight is 498 g/mol. The maximum atomic E-state index is 12.6. The third kappa shape index (κ3) is 4.49. The van der Waals surface area contributed by atoms with E-state index < -0.39 is 5.91 Å². The van der Waals surface area contributed by atoms with Crippen molar-refractivity contribution in [2.45, 2.75) is 6.54 Å². The van der Waals surface area contributed by atoms with Gasteiger partial charge in [-0.25, -0.2) is 0 Å². The number of primary amides is 1. The number of hydrogen-bond acceptors (Lipinski definition) is 4. The van der Waals surface area contributed by atoms with Gasteiger partial charge in [-0.1, -0.05) is 72.8 Å². The van der Waals surface area contributed by atoms with Crippen molar-refractivity contribution in [2.24, 2.45) is 5.73 Å². The minimum Gasteiger partial charge on any atom is -0.456 e. The van der Waals surface area contributed by atoms with E-state index in [0.29, 0.717) is 5.56 Å². The molecule has 0 spiro atoms. The van der Waals surface area contributed by atoms with Gasteiger partial charge in [0.15, 0.2) is 0 Å². The number of hydrogen-bond donors (Lipinski definition) is 2. The lowest BCUT2D eigenvalue weighted by Gasteiger charge is -2.27. The standard InChI is InChI=1S/C30H27N3O2.ClH/c31-30(34)29-23-6-2-1-5-21(23)11-12-26(29)24-7-3-4-8-25(24)28-18-22-10-9-20(17-27(22)35-28)19-33-15-13-32-14-16-33;/h1-12,17-18,32H,13-16,19H2,(H2,31,34);1H. The molecule has 1 aliphatic heterocycles. The number of carbonyl (C=O) groups excluding carboxylic acids is 1. The van der Waals surface area contributed by atoms with Crippen molar-refractivity contribution >= 4 is 40.1 Å². The van der Waals surface area contributed by atoms with E-state index in [1.807, 2.05) is 60.7 Å². The highest BCUT2D eigenvalue weighted by Gasteiger charge is 2.19. The number of nitrogens with one attached hydrogen (secondary N) is 1. The summed E-state index contributed by atoms with van der Waals surface area (Å²) in [5.74, 6) is 0.340. The Morgan fingerprint density at radius 2 is 1.56 bits per heavy atom. The Balaban J connectivity index is 0.00000267. The van der Waals surface area contributed by atoms with Crippen molar-refractivity contribution in [1.29, 1.82) is 0 Å². The molecule has 182 valence electrons. The summed E-state index contributed by atoms with van der Waals surface area (Å²) in [5.41, 5.74) is 11.2. The molecular formula is C30H28ClN3O2. The zero-order valence-corrected chi connectivity index (χ0v) is 20.7. The number of benzene rings is 4. The second-order valence-electron chi connectivity index (χ2n) is 9.13. The lowest BCUT2D eigenvalue weighted by Crippen LogP contribution is -2.42. The Hall–Kier alpha value is -3.64. The Kier molecular flexibility index (Phi) is 6.79. The molecular weight excluding hydrogens is 470 g/mol. The first-order valence-corrected chi connectivity index (χ1v) is 12.0. The fraction of sp³-hybridized carbons (Fsp3) is 0.167. The summed E-state index contributed by atoms with van der Waals surface area (Å²) in [7, 11) is 0. The quantitative estimate of drug-likeness (QED) is 0.319. The van der Waals surface area contributed by atoms with E-state index in [-0.39, 0.29) is 12.4 Å². The predicted molar refractivity (Wildman–Crippen MR) is 149 cm³/mol. The summed E-state index contributed by atoms with van der Waals surface area (Å²) in [4.78, 5) is 15.0. The van der Waals surface area contributed by atoms with Crippen LogP contribution >= 0.6 is 12.4 Å². The van der Waals surface area contributed by atoms with Crippen LogP contribution in [0.4, 0.5) is 0 Å². The van der Waals surface area contributed by atoms with Gasteiger partial charge in [-0.2, -0.15) is 0 Å². The number of rotatable bonds is 5. The Labute approximate surface area is 216 Å². The Bertz CT molecular complexity index is 1550. The molecule has 1 saturated heterocycles. The summed E-state index contributed by atoms with van der Waals surface area (Å²) in [6.07, 6.45) is 0. The van der Waals surface area contributed by atoms with Crippen molar-refractivity contribution in [3.63, 3.8) is 0 Å². The lowest BCUT2D eigenvalue weighted by molar-refractivity contribution is 0.100. The first-order chi connectivity index (χ1) is 17.2. The van der Waals surface area contributed by atoms with Gasteiger partial charge < -0.3 is 15.5 Å². The zero-order valence-electron chi connectivity index (χ0n) is 19.9. The Morgan fingerprint density at radius 3 is 2.36 bits per heavy atom. The first kappa shape index (κ1) is 24.1. The van der Waals surface area contributed by atoms with Gasteiger partial charge in [0, 0.05) is 43.7 Å². The molecule has 2 heterocycles. The van der Waals surface area contributed by atoms with Crippen molar-refractivity contribution in [3.05, 3.63) is 96.1 Å². The van der Waals surface area contributed by atoms with Crippen LogP contribution in [0.2, 0.25) is 0 Å². The SMILES string of the molecule is Cl.NC(=O)c1c(-c2ccccc2-c2cc3ccc(CN4CCNCC4)cc3o2)ccc2ccccc12. The summed E-state index contributed by atoms with van der Waals surface area (Å²) in [5, 5.41) is 6.31. The molecule has 0 unspecified atom stereocenters. The average Bonchev–Trinajstić information content (AvgIpc) is 3.32. The number of nitrogens with two attached hydrogens (primary N) is 1. The van der Waals surface area contributed by atoms with Crippen LogP contribution < -0.4 is 11.1 Å². The number of nitrogens with zero attached hydrogens (tertiary/aromatic N) is 1. The van der Waals surface area contributed by atoms with Gasteiger partial charge in [0.05, 0.1) is 5.56 Å². The zero-order chi connectivity index (χ0) is 23.8. The van der Waals surface area contributed by atoms with Crippen LogP contribution in [-0.4, -0.2) is 37.0 Å². The summed E-state index contributed by atoms with van der Waals surface area (Å²) in [6.45, 7) is 5.10. The van der Waals surface area contributed by atoms with Crippen LogP contribution in [0.5, 0.6) is 0 Å². The van der Waals surface area contributed by atoms with Gasteiger partial charge in [-0.3, -0.25) is 9.69 Å². The smallest absolute Gasteiger partial charge is 0.249 e. The van der Waals surface area contributed by atoms with Crippen LogP contribution in [0.15, 0.2) is 89.3 Å². The van der Waals surface area contributed by atoms with Gasteiger partial charge in [-0.15, -0.1) is 12.4 Å². The minimum atomic E-state index is -0.436. The molecule has 1 fully saturated rings. The van der Waals surface area contributed by atoms with Gasteiger partial charge in [-0.05, 0) is 39.6 Å². The topological polar surface area (TPSA) is 71.5 Å². The second kappa shape index (κ2) is 10.2. The van der Waals surface area contributed by atoms with Gasteiger partial charge in [0.2, 0.25) is 5.91 Å². The third-order valence-electron chi connectivity index (χ3n) is 6.86. The third-order valence-corrected chi connectivity index (χ3v) is 6.86. The van der Waals surface area contributed by atoms with Crippen molar-refractivity contribution in [2.75, 3.05) is 26.2 Å². The van der Waals surface area contributed by atoms with Crippen LogP contribution in [0.1, 0.15) is 15.9 Å². The van der Waals surface area contributed by atoms with E-state index in [1.54, 1.807) is 0 Å². The minimum absolute atomic E-state index is 0. The van der Waals surface area contributed by atoms with Gasteiger partial charge in [0.25, 0.3) is 0 Å². The molecule has 1 amide bonds.